The van der Waals surface area contributed by atoms with E-state index in [1.165, 1.54) is 7.11 Å². The minimum absolute atomic E-state index is 0.278. The number of carbonyl (C=O) groups excluding carboxylic acids is 2. The lowest BCUT2D eigenvalue weighted by Crippen LogP contribution is -2.43. The van der Waals surface area contributed by atoms with E-state index in [1.807, 2.05) is 12.1 Å². The van der Waals surface area contributed by atoms with E-state index in [2.05, 4.69) is 15.3 Å². The van der Waals surface area contributed by atoms with Gasteiger partial charge >= 0.3 is 12.0 Å². The minimum Gasteiger partial charge on any atom is -0.497 e. The van der Waals surface area contributed by atoms with Crippen molar-refractivity contribution in [2.24, 2.45) is 0 Å². The van der Waals surface area contributed by atoms with Crippen LogP contribution in [0, 0.1) is 0 Å². The number of esters is 1. The summed E-state index contributed by atoms with van der Waals surface area (Å²) in [7, 11) is 4.46. The number of benzene rings is 2. The molecule has 0 aliphatic carbocycles. The predicted octanol–water partition coefficient (Wildman–Crippen LogP) is 3.39. The first-order chi connectivity index (χ1) is 15.5. The van der Waals surface area contributed by atoms with Gasteiger partial charge in [-0.25, -0.2) is 14.6 Å². The van der Waals surface area contributed by atoms with Crippen molar-refractivity contribution in [1.82, 2.24) is 14.9 Å². The van der Waals surface area contributed by atoms with Crippen molar-refractivity contribution in [3.63, 3.8) is 0 Å². The number of urea groups is 1. The van der Waals surface area contributed by atoms with Gasteiger partial charge in [-0.1, -0.05) is 12.1 Å². The first-order valence-electron chi connectivity index (χ1n) is 10.1. The van der Waals surface area contributed by atoms with Crippen LogP contribution >= 0.6 is 0 Å². The molecule has 2 aromatic carbocycles. The number of imidazole rings is 1. The summed E-state index contributed by atoms with van der Waals surface area (Å²) in [4.78, 5) is 34.9. The fourth-order valence-electron chi connectivity index (χ4n) is 3.89. The smallest absolute Gasteiger partial charge is 0.339 e. The number of H-pyrrole nitrogens is 1. The zero-order valence-electron chi connectivity index (χ0n) is 18.0. The molecule has 1 aromatic heterocycles. The highest BCUT2D eigenvalue weighted by Crippen LogP contribution is 2.37. The van der Waals surface area contributed by atoms with E-state index in [0.29, 0.717) is 30.2 Å². The molecule has 0 fully saturated rings. The molecule has 1 atom stereocenters. The van der Waals surface area contributed by atoms with Crippen LogP contribution in [0.1, 0.15) is 33.4 Å². The SMILES string of the molecule is COC(=O)c1ccccc1NC(=O)N1CCc2[nH]cnc2C1c1cc(OC)cc(OC)c1. The Morgan fingerprint density at radius 1 is 1.09 bits per heavy atom. The van der Waals surface area contributed by atoms with Crippen LogP contribution in [0.3, 0.4) is 0 Å². The van der Waals surface area contributed by atoms with Gasteiger partial charge in [0.25, 0.3) is 0 Å². The van der Waals surface area contributed by atoms with Gasteiger partial charge in [-0.05, 0) is 29.8 Å². The second-order valence-electron chi connectivity index (χ2n) is 7.23. The molecule has 0 saturated heterocycles. The predicted molar refractivity (Wildman–Crippen MR) is 117 cm³/mol. The average Bonchev–Trinajstić information content (AvgIpc) is 3.31. The number of rotatable bonds is 5. The molecule has 32 heavy (non-hydrogen) atoms. The molecule has 0 saturated carbocycles. The number of aromatic nitrogens is 2. The number of amides is 2. The summed E-state index contributed by atoms with van der Waals surface area (Å²) in [5, 5.41) is 2.86. The largest absolute Gasteiger partial charge is 0.497 e. The Bertz CT molecular complexity index is 1120. The zero-order valence-corrected chi connectivity index (χ0v) is 18.0. The van der Waals surface area contributed by atoms with Crippen molar-refractivity contribution in [2.75, 3.05) is 33.2 Å². The third-order valence-electron chi connectivity index (χ3n) is 5.45. The molecule has 2 amide bonds. The molecule has 4 rings (SSSR count). The highest BCUT2D eigenvalue weighted by atomic mass is 16.5. The molecule has 0 radical (unpaired) electrons. The summed E-state index contributed by atoms with van der Waals surface area (Å²) in [6.45, 7) is 0.450. The topological polar surface area (TPSA) is 106 Å². The van der Waals surface area contributed by atoms with Gasteiger partial charge in [-0.15, -0.1) is 0 Å². The molecule has 0 bridgehead atoms. The molecule has 2 N–H and O–H groups in total. The maximum atomic E-state index is 13.4. The second kappa shape index (κ2) is 9.01. The number of nitrogens with zero attached hydrogens (tertiary/aromatic N) is 2. The minimum atomic E-state index is -0.525. The van der Waals surface area contributed by atoms with Crippen molar-refractivity contribution in [2.45, 2.75) is 12.5 Å². The van der Waals surface area contributed by atoms with Gasteiger partial charge < -0.3 is 29.4 Å². The first kappa shape index (κ1) is 21.2. The third kappa shape index (κ3) is 3.96. The summed E-state index contributed by atoms with van der Waals surface area (Å²) in [6.07, 6.45) is 2.25. The zero-order chi connectivity index (χ0) is 22.7. The second-order valence-corrected chi connectivity index (χ2v) is 7.23. The van der Waals surface area contributed by atoms with Crippen LogP contribution in [-0.2, 0) is 11.2 Å². The number of ether oxygens (including phenoxy) is 3. The highest BCUT2D eigenvalue weighted by molar-refractivity contribution is 6.01. The summed E-state index contributed by atoms with van der Waals surface area (Å²) < 4.78 is 15.7. The van der Waals surface area contributed by atoms with Gasteiger partial charge in [0.1, 0.15) is 17.5 Å². The number of methoxy groups -OCH3 is 3. The fourth-order valence-corrected chi connectivity index (χ4v) is 3.89. The molecule has 0 spiro atoms. The van der Waals surface area contributed by atoms with Gasteiger partial charge in [-0.2, -0.15) is 0 Å². The molecule has 1 aliphatic rings. The Morgan fingerprint density at radius 3 is 2.50 bits per heavy atom. The number of hydrogen-bond donors (Lipinski definition) is 2. The molecule has 1 unspecified atom stereocenters. The van der Waals surface area contributed by atoms with Crippen LogP contribution in [0.2, 0.25) is 0 Å². The number of anilines is 1. The summed E-state index contributed by atoms with van der Waals surface area (Å²) in [5.74, 6) is 0.694. The quantitative estimate of drug-likeness (QED) is 0.594. The Labute approximate surface area is 185 Å². The normalized spacial score (nSPS) is 15.0. The van der Waals surface area contributed by atoms with Crippen molar-refractivity contribution in [3.05, 3.63) is 71.3 Å². The van der Waals surface area contributed by atoms with Crippen LogP contribution in [0.25, 0.3) is 0 Å². The van der Waals surface area contributed by atoms with E-state index in [1.54, 1.807) is 55.8 Å². The number of para-hydroxylation sites is 1. The fraction of sp³-hybridized carbons (Fsp3) is 0.261. The molecule has 9 heteroatoms. The summed E-state index contributed by atoms with van der Waals surface area (Å²) in [6, 6.07) is 11.4. The molecular weight excluding hydrogens is 412 g/mol. The van der Waals surface area contributed by atoms with Crippen molar-refractivity contribution in [1.29, 1.82) is 0 Å². The van der Waals surface area contributed by atoms with E-state index in [9.17, 15) is 9.59 Å². The Balaban J connectivity index is 1.72. The molecule has 2 heterocycles. The van der Waals surface area contributed by atoms with Crippen LogP contribution in [0.15, 0.2) is 48.8 Å². The lowest BCUT2D eigenvalue weighted by Gasteiger charge is -2.35. The monoisotopic (exact) mass is 436 g/mol. The van der Waals surface area contributed by atoms with Gasteiger partial charge in [-0.3, -0.25) is 0 Å². The van der Waals surface area contributed by atoms with E-state index < -0.39 is 12.0 Å². The molecule has 3 aromatic rings. The standard InChI is InChI=1S/C23H24N4O5/c1-30-15-10-14(11-16(12-15)31-2)21-20-19(24-13-25-20)8-9-27(21)23(29)26-18-7-5-4-6-17(18)22(28)32-3/h4-7,10-13,21H,8-9H2,1-3H3,(H,24,25)(H,26,29). The maximum absolute atomic E-state index is 13.4. The van der Waals surface area contributed by atoms with E-state index in [-0.39, 0.29) is 11.6 Å². The highest BCUT2D eigenvalue weighted by Gasteiger charge is 2.35. The number of aromatic amines is 1. The van der Waals surface area contributed by atoms with E-state index >= 15 is 0 Å². The lowest BCUT2D eigenvalue weighted by atomic mass is 9.95. The lowest BCUT2D eigenvalue weighted by molar-refractivity contribution is 0.0602. The molecule has 166 valence electrons. The van der Waals surface area contributed by atoms with Crippen LogP contribution in [-0.4, -0.2) is 54.7 Å². The van der Waals surface area contributed by atoms with Crippen LogP contribution in [0.4, 0.5) is 10.5 Å². The number of hydrogen-bond acceptors (Lipinski definition) is 6. The molecule has 9 nitrogen and oxygen atoms in total. The Kier molecular flexibility index (Phi) is 5.98. The molecular formula is C23H24N4O5. The first-order valence-corrected chi connectivity index (χ1v) is 10.1. The van der Waals surface area contributed by atoms with Crippen LogP contribution < -0.4 is 14.8 Å². The number of fused-ring (bicyclic) bond motifs is 1. The van der Waals surface area contributed by atoms with E-state index in [4.69, 9.17) is 14.2 Å². The van der Waals surface area contributed by atoms with Gasteiger partial charge in [0.2, 0.25) is 0 Å². The molecule has 1 aliphatic heterocycles. The van der Waals surface area contributed by atoms with Crippen LogP contribution in [0.5, 0.6) is 11.5 Å². The van der Waals surface area contributed by atoms with Crippen molar-refractivity contribution in [3.8, 4) is 11.5 Å². The summed E-state index contributed by atoms with van der Waals surface area (Å²) >= 11 is 0. The number of nitrogens with one attached hydrogen (secondary N) is 2. The Morgan fingerprint density at radius 2 is 1.81 bits per heavy atom. The van der Waals surface area contributed by atoms with Crippen molar-refractivity contribution < 1.29 is 23.8 Å². The third-order valence-corrected chi connectivity index (χ3v) is 5.45. The maximum Gasteiger partial charge on any atom is 0.339 e. The van der Waals surface area contributed by atoms with Crippen molar-refractivity contribution >= 4 is 17.7 Å². The van der Waals surface area contributed by atoms with Gasteiger partial charge in [0.05, 0.1) is 44.6 Å². The summed E-state index contributed by atoms with van der Waals surface area (Å²) in [5.41, 5.74) is 3.17. The average molecular weight is 436 g/mol. The number of carbonyl (C=O) groups is 2. The Hall–Kier alpha value is -4.01. The van der Waals surface area contributed by atoms with E-state index in [0.717, 1.165) is 17.0 Å². The van der Waals surface area contributed by atoms with Gasteiger partial charge in [0.15, 0.2) is 0 Å². The van der Waals surface area contributed by atoms with Gasteiger partial charge in [0, 0.05) is 24.7 Å².